The van der Waals surface area contributed by atoms with Crippen LogP contribution in [0.2, 0.25) is 0 Å². The molecular weight excluding hydrogens is 328 g/mol. The van der Waals surface area contributed by atoms with Gasteiger partial charge in [0.15, 0.2) is 5.78 Å². The lowest BCUT2D eigenvalue weighted by atomic mass is 9.92. The van der Waals surface area contributed by atoms with Crippen LogP contribution in [-0.4, -0.2) is 5.78 Å². The molecule has 0 spiro atoms. The Morgan fingerprint density at radius 1 is 1.05 bits per heavy atom. The van der Waals surface area contributed by atoms with Gasteiger partial charge in [0.25, 0.3) is 0 Å². The van der Waals surface area contributed by atoms with Crippen LogP contribution in [0.15, 0.2) is 40.9 Å². The number of ether oxygens (including phenoxy) is 1. The molecule has 0 radical (unpaired) electrons. The monoisotopic (exact) mass is 344 g/mol. The minimum atomic E-state index is 0.00394. The lowest BCUT2D eigenvalue weighted by Gasteiger charge is -2.17. The first kappa shape index (κ1) is 14.3. The van der Waals surface area contributed by atoms with E-state index in [1.807, 2.05) is 18.2 Å². The molecule has 108 valence electrons. The van der Waals surface area contributed by atoms with Crippen LogP contribution < -0.4 is 4.74 Å². The van der Waals surface area contributed by atoms with E-state index in [0.29, 0.717) is 11.3 Å². The number of halogens is 1. The molecule has 0 aliphatic heterocycles. The van der Waals surface area contributed by atoms with E-state index in [1.54, 1.807) is 13.0 Å². The molecule has 0 saturated carbocycles. The van der Waals surface area contributed by atoms with Crippen LogP contribution in [-0.2, 0) is 12.8 Å². The molecule has 1 aliphatic rings. The molecule has 0 atom stereocenters. The van der Waals surface area contributed by atoms with E-state index >= 15 is 0 Å². The molecule has 0 heterocycles. The Hall–Kier alpha value is -1.61. The van der Waals surface area contributed by atoms with E-state index in [4.69, 9.17) is 4.74 Å². The van der Waals surface area contributed by atoms with Gasteiger partial charge in [-0.3, -0.25) is 4.79 Å². The van der Waals surface area contributed by atoms with Gasteiger partial charge in [-0.2, -0.15) is 0 Å². The van der Waals surface area contributed by atoms with Crippen molar-refractivity contribution in [3.8, 4) is 11.5 Å². The highest BCUT2D eigenvalue weighted by Gasteiger charge is 2.13. The highest BCUT2D eigenvalue weighted by atomic mass is 79.9. The number of rotatable bonds is 3. The summed E-state index contributed by atoms with van der Waals surface area (Å²) in [4.78, 5) is 11.7. The van der Waals surface area contributed by atoms with Gasteiger partial charge >= 0.3 is 0 Å². The number of ketones is 1. The minimum absolute atomic E-state index is 0.00394. The molecule has 3 heteroatoms. The summed E-state index contributed by atoms with van der Waals surface area (Å²) in [5.41, 5.74) is 3.40. The third-order valence-corrected chi connectivity index (χ3v) is 4.36. The van der Waals surface area contributed by atoms with E-state index in [0.717, 1.165) is 23.1 Å². The average molecular weight is 345 g/mol. The summed E-state index contributed by atoms with van der Waals surface area (Å²) >= 11 is 3.39. The highest BCUT2D eigenvalue weighted by Crippen LogP contribution is 2.31. The Labute approximate surface area is 133 Å². The maximum atomic E-state index is 11.7. The molecule has 1 aliphatic carbocycles. The molecule has 0 unspecified atom stereocenters. The van der Waals surface area contributed by atoms with Crippen molar-refractivity contribution in [1.29, 1.82) is 0 Å². The summed E-state index contributed by atoms with van der Waals surface area (Å²) < 4.78 is 6.83. The van der Waals surface area contributed by atoms with Crippen molar-refractivity contribution in [2.45, 2.75) is 32.6 Å². The second kappa shape index (κ2) is 6.02. The van der Waals surface area contributed by atoms with Crippen LogP contribution in [0.3, 0.4) is 0 Å². The van der Waals surface area contributed by atoms with Gasteiger partial charge in [0.2, 0.25) is 0 Å². The summed E-state index contributed by atoms with van der Waals surface area (Å²) in [5, 5.41) is 0. The molecular formula is C18H17BrO2. The zero-order chi connectivity index (χ0) is 14.8. The number of aryl methyl sites for hydroxylation is 2. The lowest BCUT2D eigenvalue weighted by Crippen LogP contribution is -2.03. The lowest BCUT2D eigenvalue weighted by molar-refractivity contribution is 0.101. The first-order chi connectivity index (χ1) is 10.1. The van der Waals surface area contributed by atoms with E-state index in [9.17, 15) is 4.79 Å². The van der Waals surface area contributed by atoms with E-state index in [1.165, 1.54) is 24.0 Å². The van der Waals surface area contributed by atoms with E-state index < -0.39 is 0 Å². The van der Waals surface area contributed by atoms with E-state index in [-0.39, 0.29) is 5.78 Å². The molecule has 2 aromatic carbocycles. The van der Waals surface area contributed by atoms with Crippen molar-refractivity contribution in [1.82, 2.24) is 0 Å². The standard InChI is InChI=1S/C18H17BrO2/c1-12(20)17-11-15(19)7-9-18(17)21-16-8-6-13-4-2-3-5-14(13)10-16/h6-11H,2-5H2,1H3. The van der Waals surface area contributed by atoms with Gasteiger partial charge in [-0.05, 0) is 74.1 Å². The topological polar surface area (TPSA) is 26.3 Å². The Bertz CT molecular complexity index is 692. The molecule has 3 rings (SSSR count). The molecule has 0 aromatic heterocycles. The number of benzene rings is 2. The average Bonchev–Trinajstić information content (AvgIpc) is 2.49. The molecule has 0 bridgehead atoms. The van der Waals surface area contributed by atoms with Crippen molar-refractivity contribution in [2.24, 2.45) is 0 Å². The summed E-state index contributed by atoms with van der Waals surface area (Å²) in [6.07, 6.45) is 4.79. The van der Waals surface area contributed by atoms with Gasteiger partial charge < -0.3 is 4.74 Å². The Morgan fingerprint density at radius 3 is 2.57 bits per heavy atom. The zero-order valence-corrected chi connectivity index (χ0v) is 13.6. The number of fused-ring (bicyclic) bond motifs is 1. The molecule has 2 nitrogen and oxygen atoms in total. The fourth-order valence-electron chi connectivity index (χ4n) is 2.77. The second-order valence-corrected chi connectivity index (χ2v) is 6.35. The Balaban J connectivity index is 1.92. The van der Waals surface area contributed by atoms with Crippen LogP contribution in [0.25, 0.3) is 0 Å². The second-order valence-electron chi connectivity index (χ2n) is 5.44. The van der Waals surface area contributed by atoms with Crippen molar-refractivity contribution >= 4 is 21.7 Å². The van der Waals surface area contributed by atoms with Gasteiger partial charge in [-0.25, -0.2) is 0 Å². The quantitative estimate of drug-likeness (QED) is 0.704. The van der Waals surface area contributed by atoms with Gasteiger partial charge in [0.1, 0.15) is 11.5 Å². The number of hydrogen-bond donors (Lipinski definition) is 0. The fourth-order valence-corrected chi connectivity index (χ4v) is 3.13. The molecule has 0 saturated heterocycles. The number of carbonyl (C=O) groups is 1. The van der Waals surface area contributed by atoms with Crippen LogP contribution in [0, 0.1) is 0 Å². The van der Waals surface area contributed by atoms with E-state index in [2.05, 4.69) is 28.1 Å². The SMILES string of the molecule is CC(=O)c1cc(Br)ccc1Oc1ccc2c(c1)CCCC2. The molecule has 0 amide bonds. The van der Waals surface area contributed by atoms with Crippen LogP contribution in [0.1, 0.15) is 41.3 Å². The van der Waals surface area contributed by atoms with Crippen LogP contribution in [0.4, 0.5) is 0 Å². The van der Waals surface area contributed by atoms with Crippen molar-refractivity contribution in [2.75, 3.05) is 0 Å². The maximum absolute atomic E-state index is 11.7. The number of Topliss-reactive ketones (excluding diaryl/α,β-unsaturated/α-hetero) is 1. The Morgan fingerprint density at radius 2 is 1.81 bits per heavy atom. The zero-order valence-electron chi connectivity index (χ0n) is 12.0. The summed E-state index contributed by atoms with van der Waals surface area (Å²) in [6, 6.07) is 11.8. The molecule has 0 N–H and O–H groups in total. The predicted molar refractivity (Wildman–Crippen MR) is 87.3 cm³/mol. The van der Waals surface area contributed by atoms with Crippen molar-refractivity contribution < 1.29 is 9.53 Å². The molecule has 2 aromatic rings. The minimum Gasteiger partial charge on any atom is -0.457 e. The van der Waals surface area contributed by atoms with Crippen LogP contribution >= 0.6 is 15.9 Å². The summed E-state index contributed by atoms with van der Waals surface area (Å²) in [6.45, 7) is 1.56. The van der Waals surface area contributed by atoms with Crippen molar-refractivity contribution in [3.05, 3.63) is 57.6 Å². The smallest absolute Gasteiger partial charge is 0.163 e. The first-order valence-electron chi connectivity index (χ1n) is 7.23. The maximum Gasteiger partial charge on any atom is 0.163 e. The highest BCUT2D eigenvalue weighted by molar-refractivity contribution is 9.10. The third-order valence-electron chi connectivity index (χ3n) is 3.87. The third kappa shape index (κ3) is 3.18. The largest absolute Gasteiger partial charge is 0.457 e. The van der Waals surface area contributed by atoms with Crippen molar-refractivity contribution in [3.63, 3.8) is 0 Å². The normalized spacial score (nSPS) is 13.6. The summed E-state index contributed by atoms with van der Waals surface area (Å²) in [7, 11) is 0. The fraction of sp³-hybridized carbons (Fsp3) is 0.278. The molecule has 0 fully saturated rings. The molecule has 21 heavy (non-hydrogen) atoms. The number of hydrogen-bond acceptors (Lipinski definition) is 2. The van der Waals surface area contributed by atoms with Gasteiger partial charge in [0.05, 0.1) is 5.56 Å². The van der Waals surface area contributed by atoms with Crippen LogP contribution in [0.5, 0.6) is 11.5 Å². The number of carbonyl (C=O) groups excluding carboxylic acids is 1. The van der Waals surface area contributed by atoms with Gasteiger partial charge in [-0.15, -0.1) is 0 Å². The predicted octanol–water partition coefficient (Wildman–Crippen LogP) is 5.32. The Kier molecular flexibility index (Phi) is 4.11. The van der Waals surface area contributed by atoms with Gasteiger partial charge in [0, 0.05) is 4.47 Å². The van der Waals surface area contributed by atoms with Gasteiger partial charge in [-0.1, -0.05) is 22.0 Å². The summed E-state index contributed by atoms with van der Waals surface area (Å²) in [5.74, 6) is 1.42. The first-order valence-corrected chi connectivity index (χ1v) is 8.03.